The van der Waals surface area contributed by atoms with Gasteiger partial charge in [-0.25, -0.2) is 4.79 Å². The molecule has 0 radical (unpaired) electrons. The monoisotopic (exact) mass is 541 g/mol. The number of likely N-dealkylation sites (tertiary alicyclic amines) is 1. The van der Waals surface area contributed by atoms with Crippen molar-refractivity contribution in [1.82, 2.24) is 4.90 Å². The smallest absolute Gasteiger partial charge is 0.345 e. The summed E-state index contributed by atoms with van der Waals surface area (Å²) >= 11 is 0. The lowest BCUT2D eigenvalue weighted by atomic mass is 9.72. The van der Waals surface area contributed by atoms with Gasteiger partial charge in [-0.05, 0) is 49.5 Å². The van der Waals surface area contributed by atoms with E-state index in [2.05, 4.69) is 4.90 Å². The molecule has 1 aliphatic heterocycles. The van der Waals surface area contributed by atoms with E-state index in [9.17, 15) is 19.8 Å². The summed E-state index contributed by atoms with van der Waals surface area (Å²) in [6, 6.07) is 26.7. The zero-order chi connectivity index (χ0) is 26.7. The topological polar surface area (TPSA) is 107 Å². The molecule has 0 atom stereocenters. The Balaban J connectivity index is 0.000000263. The first-order chi connectivity index (χ1) is 17.9. The van der Waals surface area contributed by atoms with Crippen molar-refractivity contribution in [2.45, 2.75) is 30.8 Å². The molecule has 1 saturated heterocycles. The molecular weight excluding hydrogens is 506 g/mol. The molecule has 204 valence electrons. The SMILES string of the molecule is CCOC(=O)C1(c2ccccc2)CCN(CCO)CC1.Cl.O=C(O)C(O)(c1ccccc1)c1ccccc1. The first-order valence-corrected chi connectivity index (χ1v) is 12.5. The Morgan fingerprint density at radius 2 is 1.32 bits per heavy atom. The standard InChI is InChI=1S/C16H23NO3.C14H12O3.ClH/c1-2-20-15(19)16(14-6-4-3-5-7-14)8-10-17(11-9-16)12-13-18;15-13(16)14(17,11-7-3-1-4-8-11)12-9-5-2-6-10-12;/h3-7,18H,2,8-13H2,1H3;1-10,17H,(H,15,16);1H. The number of benzene rings is 3. The van der Waals surface area contributed by atoms with E-state index < -0.39 is 17.0 Å². The summed E-state index contributed by atoms with van der Waals surface area (Å²) in [4.78, 5) is 26.1. The summed E-state index contributed by atoms with van der Waals surface area (Å²) in [6.45, 7) is 4.72. The number of nitrogens with zero attached hydrogens (tertiary/aromatic N) is 1. The van der Waals surface area contributed by atoms with Crippen LogP contribution in [0, 0.1) is 0 Å². The predicted octanol–water partition coefficient (Wildman–Crippen LogP) is 4.00. The van der Waals surface area contributed by atoms with Crippen molar-refractivity contribution in [3.8, 4) is 0 Å². The zero-order valence-corrected chi connectivity index (χ0v) is 22.3. The highest BCUT2D eigenvalue weighted by Crippen LogP contribution is 2.37. The number of esters is 1. The third kappa shape index (κ3) is 6.99. The minimum atomic E-state index is -2.00. The second kappa shape index (κ2) is 14.6. The van der Waals surface area contributed by atoms with E-state index in [1.165, 1.54) is 0 Å². The van der Waals surface area contributed by atoms with Crippen molar-refractivity contribution >= 4 is 24.3 Å². The Kier molecular flexibility index (Phi) is 11.9. The number of rotatable bonds is 8. The van der Waals surface area contributed by atoms with Gasteiger partial charge in [0.1, 0.15) is 0 Å². The van der Waals surface area contributed by atoms with Gasteiger partial charge in [-0.15, -0.1) is 12.4 Å². The average Bonchev–Trinajstić information content (AvgIpc) is 2.95. The molecule has 38 heavy (non-hydrogen) atoms. The molecule has 3 aromatic carbocycles. The lowest BCUT2D eigenvalue weighted by molar-refractivity contribution is -0.155. The summed E-state index contributed by atoms with van der Waals surface area (Å²) in [5.74, 6) is -1.40. The van der Waals surface area contributed by atoms with E-state index in [1.807, 2.05) is 37.3 Å². The van der Waals surface area contributed by atoms with Crippen LogP contribution in [-0.2, 0) is 25.3 Å². The summed E-state index contributed by atoms with van der Waals surface area (Å²) in [5, 5.41) is 28.7. The third-order valence-electron chi connectivity index (χ3n) is 6.81. The molecule has 0 amide bonds. The van der Waals surface area contributed by atoms with Crippen molar-refractivity contribution in [3.05, 3.63) is 108 Å². The highest BCUT2D eigenvalue weighted by Gasteiger charge is 2.44. The first-order valence-electron chi connectivity index (χ1n) is 12.5. The number of piperidine rings is 1. The van der Waals surface area contributed by atoms with Crippen LogP contribution in [0.3, 0.4) is 0 Å². The van der Waals surface area contributed by atoms with E-state index in [1.54, 1.807) is 60.7 Å². The van der Waals surface area contributed by atoms with Crippen LogP contribution in [0.15, 0.2) is 91.0 Å². The summed E-state index contributed by atoms with van der Waals surface area (Å²) < 4.78 is 5.33. The van der Waals surface area contributed by atoms with Crippen LogP contribution in [0.4, 0.5) is 0 Å². The number of hydrogen-bond acceptors (Lipinski definition) is 6. The van der Waals surface area contributed by atoms with E-state index in [0.717, 1.165) is 31.5 Å². The first kappa shape index (κ1) is 31.0. The van der Waals surface area contributed by atoms with Crippen molar-refractivity contribution < 1.29 is 29.6 Å². The normalized spacial score (nSPS) is 14.8. The highest BCUT2D eigenvalue weighted by molar-refractivity contribution is 5.85. The Bertz CT molecular complexity index is 1080. The number of carboxylic acid groups (broad SMARTS) is 1. The molecule has 7 nitrogen and oxygen atoms in total. The Labute approximate surface area is 230 Å². The zero-order valence-electron chi connectivity index (χ0n) is 21.5. The van der Waals surface area contributed by atoms with Crippen LogP contribution >= 0.6 is 12.4 Å². The number of aliphatic hydroxyl groups is 2. The van der Waals surface area contributed by atoms with Crippen LogP contribution in [0.1, 0.15) is 36.5 Å². The molecule has 3 aromatic rings. The van der Waals surface area contributed by atoms with E-state index in [0.29, 0.717) is 24.3 Å². The number of aliphatic hydroxyl groups excluding tert-OH is 1. The fourth-order valence-corrected chi connectivity index (χ4v) is 4.71. The van der Waals surface area contributed by atoms with Gasteiger partial charge in [-0.1, -0.05) is 91.0 Å². The fourth-order valence-electron chi connectivity index (χ4n) is 4.71. The molecule has 4 rings (SSSR count). The van der Waals surface area contributed by atoms with Crippen molar-refractivity contribution in [1.29, 1.82) is 0 Å². The van der Waals surface area contributed by atoms with Gasteiger partial charge in [0.05, 0.1) is 18.6 Å². The van der Waals surface area contributed by atoms with E-state index in [-0.39, 0.29) is 25.0 Å². The molecule has 0 spiro atoms. The van der Waals surface area contributed by atoms with Gasteiger partial charge in [0.25, 0.3) is 0 Å². The Morgan fingerprint density at radius 3 is 1.71 bits per heavy atom. The molecule has 0 unspecified atom stereocenters. The maximum Gasteiger partial charge on any atom is 0.345 e. The summed E-state index contributed by atoms with van der Waals surface area (Å²) in [5.41, 5.74) is -0.786. The van der Waals surface area contributed by atoms with Crippen LogP contribution in [-0.4, -0.2) is 65.0 Å². The van der Waals surface area contributed by atoms with Gasteiger partial charge in [0, 0.05) is 6.54 Å². The molecule has 3 N–H and O–H groups in total. The predicted molar refractivity (Wildman–Crippen MR) is 148 cm³/mol. The number of carboxylic acids is 1. The molecular formula is C30H36ClNO6. The number of carbonyl (C=O) groups excluding carboxylic acids is 1. The number of ether oxygens (including phenoxy) is 1. The molecule has 0 saturated carbocycles. The second-order valence-corrected chi connectivity index (χ2v) is 8.98. The minimum Gasteiger partial charge on any atom is -0.479 e. The summed E-state index contributed by atoms with van der Waals surface area (Å²) in [6.07, 6.45) is 1.49. The third-order valence-corrected chi connectivity index (χ3v) is 6.81. The molecule has 1 aliphatic rings. The fraction of sp³-hybridized carbons (Fsp3) is 0.333. The van der Waals surface area contributed by atoms with Gasteiger partial charge in [-0.2, -0.15) is 0 Å². The summed E-state index contributed by atoms with van der Waals surface area (Å²) in [7, 11) is 0. The Morgan fingerprint density at radius 1 is 0.868 bits per heavy atom. The molecule has 1 fully saturated rings. The van der Waals surface area contributed by atoms with Crippen LogP contribution in [0.2, 0.25) is 0 Å². The molecule has 0 bridgehead atoms. The molecule has 0 aliphatic carbocycles. The Hall–Kier alpha value is -3.23. The molecule has 8 heteroatoms. The van der Waals surface area contributed by atoms with Gasteiger partial charge >= 0.3 is 11.9 Å². The number of β-amino-alcohol motifs (C(OH)–C–C–N with tert-alkyl or cyclic N) is 1. The van der Waals surface area contributed by atoms with Crippen LogP contribution in [0.25, 0.3) is 0 Å². The van der Waals surface area contributed by atoms with Gasteiger partial charge in [0.2, 0.25) is 5.60 Å². The number of carbonyl (C=O) groups is 2. The van der Waals surface area contributed by atoms with Gasteiger partial charge in [0.15, 0.2) is 0 Å². The largest absolute Gasteiger partial charge is 0.479 e. The second-order valence-electron chi connectivity index (χ2n) is 8.98. The molecule has 0 aromatic heterocycles. The average molecular weight is 542 g/mol. The minimum absolute atomic E-state index is 0. The van der Waals surface area contributed by atoms with Gasteiger partial charge < -0.3 is 25.0 Å². The van der Waals surface area contributed by atoms with Crippen LogP contribution < -0.4 is 0 Å². The van der Waals surface area contributed by atoms with Crippen molar-refractivity contribution in [2.75, 3.05) is 32.8 Å². The van der Waals surface area contributed by atoms with Crippen molar-refractivity contribution in [3.63, 3.8) is 0 Å². The van der Waals surface area contributed by atoms with Gasteiger partial charge in [-0.3, -0.25) is 4.79 Å². The van der Waals surface area contributed by atoms with E-state index in [4.69, 9.17) is 9.84 Å². The number of halogens is 1. The lowest BCUT2D eigenvalue weighted by Crippen LogP contribution is -2.48. The highest BCUT2D eigenvalue weighted by atomic mass is 35.5. The van der Waals surface area contributed by atoms with Crippen molar-refractivity contribution in [2.24, 2.45) is 0 Å². The molecule has 1 heterocycles. The number of hydrogen-bond donors (Lipinski definition) is 3. The maximum atomic E-state index is 12.5. The lowest BCUT2D eigenvalue weighted by Gasteiger charge is -2.40. The number of aliphatic carboxylic acids is 1. The maximum absolute atomic E-state index is 12.5. The van der Waals surface area contributed by atoms with E-state index >= 15 is 0 Å². The quantitative estimate of drug-likeness (QED) is 0.370. The van der Waals surface area contributed by atoms with Crippen LogP contribution in [0.5, 0.6) is 0 Å².